The zero-order valence-electron chi connectivity index (χ0n) is 19.1. The van der Waals surface area contributed by atoms with Gasteiger partial charge in [0.2, 0.25) is 0 Å². The molecule has 0 aromatic heterocycles. The van der Waals surface area contributed by atoms with E-state index in [1.807, 2.05) is 13.0 Å². The number of allylic oxidation sites excluding steroid dienone is 2. The average Bonchev–Trinajstić information content (AvgIpc) is 2.59. The molecule has 0 aliphatic rings. The van der Waals surface area contributed by atoms with Crippen LogP contribution >= 0.6 is 0 Å². The molecule has 0 aromatic rings. The normalized spacial score (nSPS) is 20.4. The molecule has 0 bridgehead atoms. The van der Waals surface area contributed by atoms with Crippen molar-refractivity contribution in [3.05, 3.63) is 24.8 Å². The van der Waals surface area contributed by atoms with Crippen molar-refractivity contribution in [3.8, 4) is 6.07 Å². The van der Waals surface area contributed by atoms with Crippen molar-refractivity contribution in [1.82, 2.24) is 0 Å². The maximum Gasteiger partial charge on any atom is 0.0810 e. The SMILES string of the molecule is C=CC(C)C[C@H](C)CC(CC)C[C@@H](C)C(=C)C(C)C(C#N)[C@](C)(O)CCC. The first-order valence-corrected chi connectivity index (χ1v) is 11.0. The quantitative estimate of drug-likeness (QED) is 0.327. The lowest BCUT2D eigenvalue weighted by Crippen LogP contribution is -2.38. The summed E-state index contributed by atoms with van der Waals surface area (Å²) in [6.45, 7) is 23.3. The van der Waals surface area contributed by atoms with Gasteiger partial charge in [0, 0.05) is 0 Å². The minimum absolute atomic E-state index is 0.00210. The lowest BCUT2D eigenvalue weighted by Gasteiger charge is -2.35. The summed E-state index contributed by atoms with van der Waals surface area (Å²) >= 11 is 0. The molecule has 0 saturated carbocycles. The van der Waals surface area contributed by atoms with Crippen LogP contribution in [0, 0.1) is 46.8 Å². The van der Waals surface area contributed by atoms with E-state index in [1.165, 1.54) is 19.3 Å². The Balaban J connectivity index is 4.94. The van der Waals surface area contributed by atoms with Gasteiger partial charge in [0.15, 0.2) is 0 Å². The summed E-state index contributed by atoms with van der Waals surface area (Å²) < 4.78 is 0. The second kappa shape index (κ2) is 12.4. The Morgan fingerprint density at radius 3 is 2.19 bits per heavy atom. The highest BCUT2D eigenvalue weighted by atomic mass is 16.3. The van der Waals surface area contributed by atoms with Gasteiger partial charge >= 0.3 is 0 Å². The fourth-order valence-electron chi connectivity index (χ4n) is 4.59. The molecule has 0 aliphatic heterocycles. The van der Waals surface area contributed by atoms with Crippen LogP contribution in [0.15, 0.2) is 24.8 Å². The van der Waals surface area contributed by atoms with Gasteiger partial charge in [-0.25, -0.2) is 0 Å². The topological polar surface area (TPSA) is 44.0 Å². The van der Waals surface area contributed by atoms with Crippen molar-refractivity contribution in [1.29, 1.82) is 5.26 Å². The van der Waals surface area contributed by atoms with E-state index in [1.54, 1.807) is 6.92 Å². The zero-order chi connectivity index (χ0) is 21.2. The van der Waals surface area contributed by atoms with Crippen molar-refractivity contribution < 1.29 is 5.11 Å². The molecule has 2 heteroatoms. The van der Waals surface area contributed by atoms with E-state index in [4.69, 9.17) is 0 Å². The van der Waals surface area contributed by atoms with Gasteiger partial charge in [0.1, 0.15) is 0 Å². The van der Waals surface area contributed by atoms with E-state index in [2.05, 4.69) is 53.8 Å². The van der Waals surface area contributed by atoms with Crippen molar-refractivity contribution in [3.63, 3.8) is 0 Å². The third kappa shape index (κ3) is 8.65. The summed E-state index contributed by atoms with van der Waals surface area (Å²) in [5.74, 6) is 1.90. The fourth-order valence-corrected chi connectivity index (χ4v) is 4.59. The van der Waals surface area contributed by atoms with Gasteiger partial charge in [0.25, 0.3) is 0 Å². The summed E-state index contributed by atoms with van der Waals surface area (Å²) in [7, 11) is 0. The van der Waals surface area contributed by atoms with Crippen LogP contribution in [0.3, 0.4) is 0 Å². The zero-order valence-corrected chi connectivity index (χ0v) is 19.1. The van der Waals surface area contributed by atoms with Gasteiger partial charge in [-0.2, -0.15) is 5.26 Å². The summed E-state index contributed by atoms with van der Waals surface area (Å²) in [6, 6.07) is 2.37. The van der Waals surface area contributed by atoms with Crippen LogP contribution in [0.2, 0.25) is 0 Å². The van der Waals surface area contributed by atoms with E-state index in [0.29, 0.717) is 30.1 Å². The van der Waals surface area contributed by atoms with Crippen molar-refractivity contribution in [2.45, 2.75) is 92.6 Å². The number of nitriles is 1. The van der Waals surface area contributed by atoms with Crippen molar-refractivity contribution >= 4 is 0 Å². The first-order valence-electron chi connectivity index (χ1n) is 11.0. The summed E-state index contributed by atoms with van der Waals surface area (Å²) in [4.78, 5) is 0. The summed E-state index contributed by atoms with van der Waals surface area (Å²) in [5.41, 5.74) is 0.161. The van der Waals surface area contributed by atoms with Crippen LogP contribution in [0.25, 0.3) is 0 Å². The van der Waals surface area contributed by atoms with Gasteiger partial charge in [-0.3, -0.25) is 0 Å². The molecule has 0 heterocycles. The number of hydrogen-bond donors (Lipinski definition) is 1. The minimum atomic E-state index is -0.953. The fraction of sp³-hybridized carbons (Fsp3) is 0.800. The van der Waals surface area contributed by atoms with E-state index < -0.39 is 11.5 Å². The molecule has 156 valence electrons. The molecule has 0 saturated heterocycles. The Kier molecular flexibility index (Phi) is 11.9. The standard InChI is InChI=1S/C25H45NO/c1-10-13-25(9,27)24(17-26)22(8)21(7)20(6)16-23(12-3)15-19(5)14-18(4)11-2/h11,18-20,22-24,27H,2,7,10,12-16H2,1,3-6,8-9H3/t18?,19-,20+,22?,23?,24?,25+/m0/s1. The highest BCUT2D eigenvalue weighted by Gasteiger charge is 2.37. The predicted molar refractivity (Wildman–Crippen MR) is 118 cm³/mol. The Morgan fingerprint density at radius 2 is 1.74 bits per heavy atom. The third-order valence-electron chi connectivity index (χ3n) is 6.46. The number of hydrogen-bond acceptors (Lipinski definition) is 2. The third-order valence-corrected chi connectivity index (χ3v) is 6.46. The van der Waals surface area contributed by atoms with Gasteiger partial charge < -0.3 is 5.11 Å². The van der Waals surface area contributed by atoms with E-state index in [9.17, 15) is 10.4 Å². The van der Waals surface area contributed by atoms with Crippen LogP contribution in [-0.2, 0) is 0 Å². The minimum Gasteiger partial charge on any atom is -0.389 e. The molecule has 1 N–H and O–H groups in total. The molecule has 2 nitrogen and oxygen atoms in total. The largest absolute Gasteiger partial charge is 0.389 e. The van der Waals surface area contributed by atoms with Gasteiger partial charge in [-0.1, -0.05) is 72.6 Å². The molecular weight excluding hydrogens is 330 g/mol. The van der Waals surface area contributed by atoms with E-state index in [0.717, 1.165) is 18.4 Å². The molecule has 0 radical (unpaired) electrons. The summed E-state index contributed by atoms with van der Waals surface area (Å²) in [5, 5.41) is 20.4. The molecule has 27 heavy (non-hydrogen) atoms. The van der Waals surface area contributed by atoms with Crippen LogP contribution in [0.4, 0.5) is 0 Å². The first-order chi connectivity index (χ1) is 12.5. The second-order valence-electron chi connectivity index (χ2n) is 9.28. The molecule has 0 amide bonds. The van der Waals surface area contributed by atoms with E-state index >= 15 is 0 Å². The lowest BCUT2D eigenvalue weighted by atomic mass is 9.71. The molecular formula is C25H45NO. The Bertz CT molecular complexity index is 487. The van der Waals surface area contributed by atoms with Crippen molar-refractivity contribution in [2.24, 2.45) is 35.5 Å². The first kappa shape index (κ1) is 25.9. The molecule has 7 atom stereocenters. The maximum atomic E-state index is 10.8. The monoisotopic (exact) mass is 375 g/mol. The molecule has 0 spiro atoms. The lowest BCUT2D eigenvalue weighted by molar-refractivity contribution is -0.00316. The highest BCUT2D eigenvalue weighted by molar-refractivity contribution is 5.13. The molecule has 4 unspecified atom stereocenters. The second-order valence-corrected chi connectivity index (χ2v) is 9.28. The Hall–Kier alpha value is -1.07. The van der Waals surface area contributed by atoms with Crippen LogP contribution in [0.5, 0.6) is 0 Å². The molecule has 0 aromatic carbocycles. The van der Waals surface area contributed by atoms with Gasteiger partial charge in [-0.05, 0) is 62.2 Å². The number of aliphatic hydroxyl groups is 1. The van der Waals surface area contributed by atoms with Crippen LogP contribution in [-0.4, -0.2) is 10.7 Å². The maximum absolute atomic E-state index is 10.8. The Morgan fingerprint density at radius 1 is 1.15 bits per heavy atom. The summed E-state index contributed by atoms with van der Waals surface area (Å²) in [6.07, 6.45) is 8.28. The smallest absolute Gasteiger partial charge is 0.0810 e. The highest BCUT2D eigenvalue weighted by Crippen LogP contribution is 2.37. The van der Waals surface area contributed by atoms with Crippen LogP contribution < -0.4 is 0 Å². The van der Waals surface area contributed by atoms with E-state index in [-0.39, 0.29) is 5.92 Å². The van der Waals surface area contributed by atoms with Gasteiger partial charge in [0.05, 0.1) is 17.6 Å². The molecule has 0 aliphatic carbocycles. The average molecular weight is 376 g/mol. The van der Waals surface area contributed by atoms with Crippen molar-refractivity contribution in [2.75, 3.05) is 0 Å². The van der Waals surface area contributed by atoms with Crippen LogP contribution in [0.1, 0.15) is 87.0 Å². The molecule has 0 fully saturated rings. The predicted octanol–water partition coefficient (Wildman–Crippen LogP) is 7.16. The molecule has 0 rings (SSSR count). The number of nitrogens with zero attached hydrogens (tertiary/aromatic N) is 1. The number of rotatable bonds is 14. The Labute approximate surface area is 169 Å². The van der Waals surface area contributed by atoms with Gasteiger partial charge in [-0.15, -0.1) is 6.58 Å².